The van der Waals surface area contributed by atoms with Gasteiger partial charge in [0.15, 0.2) is 11.5 Å². The van der Waals surface area contributed by atoms with Crippen LogP contribution in [-0.2, 0) is 0 Å². The minimum Gasteiger partial charge on any atom is -0.476 e. The van der Waals surface area contributed by atoms with Gasteiger partial charge in [0.2, 0.25) is 0 Å². The number of benzene rings is 1. The second-order valence-corrected chi connectivity index (χ2v) is 3.90. The van der Waals surface area contributed by atoms with E-state index in [0.29, 0.717) is 0 Å². The number of hydrogen-bond donors (Lipinski definition) is 1. The first-order chi connectivity index (χ1) is 9.78. The number of carboxylic acids is 1. The number of alkyl halides is 3. The molecule has 1 aromatic carbocycles. The highest BCUT2D eigenvalue weighted by molar-refractivity contribution is 5.86. The second kappa shape index (κ2) is 5.39. The molecule has 0 saturated carbocycles. The maximum Gasteiger partial charge on any atom is 0.573 e. The summed E-state index contributed by atoms with van der Waals surface area (Å²) in [4.78, 5) is 14.0. The summed E-state index contributed by atoms with van der Waals surface area (Å²) in [6.07, 6.45) is -3.94. The number of ether oxygens (including phenoxy) is 1. The molecule has 0 amide bonds. The third kappa shape index (κ3) is 3.47. The van der Waals surface area contributed by atoms with Gasteiger partial charge in [0.1, 0.15) is 5.75 Å². The largest absolute Gasteiger partial charge is 0.573 e. The number of carbonyl (C=O) groups is 1. The zero-order valence-electron chi connectivity index (χ0n) is 10.2. The molecule has 1 heterocycles. The van der Waals surface area contributed by atoms with Crippen molar-refractivity contribution >= 4 is 5.97 Å². The van der Waals surface area contributed by atoms with E-state index in [4.69, 9.17) is 5.11 Å². The number of pyridine rings is 1. The fourth-order valence-corrected chi connectivity index (χ4v) is 1.66. The van der Waals surface area contributed by atoms with Gasteiger partial charge in [-0.25, -0.2) is 14.2 Å². The molecule has 1 aromatic heterocycles. The Morgan fingerprint density at radius 3 is 2.48 bits per heavy atom. The van der Waals surface area contributed by atoms with Crippen molar-refractivity contribution in [1.82, 2.24) is 4.98 Å². The molecular weight excluding hydrogens is 294 g/mol. The van der Waals surface area contributed by atoms with E-state index in [1.807, 2.05) is 0 Å². The molecule has 110 valence electrons. The van der Waals surface area contributed by atoms with Crippen LogP contribution in [0.2, 0.25) is 0 Å². The minimum absolute atomic E-state index is 0.0302. The SMILES string of the molecule is O=C(O)c1ncc(-c2ccccc2OC(F)(F)F)cc1F. The highest BCUT2D eigenvalue weighted by Crippen LogP contribution is 2.33. The molecule has 0 saturated heterocycles. The van der Waals surface area contributed by atoms with E-state index in [9.17, 15) is 22.4 Å². The van der Waals surface area contributed by atoms with Crippen molar-refractivity contribution in [2.75, 3.05) is 0 Å². The molecule has 0 radical (unpaired) electrons. The average Bonchev–Trinajstić information content (AvgIpc) is 2.36. The van der Waals surface area contributed by atoms with Crippen molar-refractivity contribution in [2.45, 2.75) is 6.36 Å². The van der Waals surface area contributed by atoms with Crippen molar-refractivity contribution in [3.05, 3.63) is 48.0 Å². The van der Waals surface area contributed by atoms with E-state index >= 15 is 0 Å². The lowest BCUT2D eigenvalue weighted by Gasteiger charge is -2.13. The van der Waals surface area contributed by atoms with Gasteiger partial charge in [-0.3, -0.25) is 0 Å². The summed E-state index contributed by atoms with van der Waals surface area (Å²) >= 11 is 0. The van der Waals surface area contributed by atoms with Gasteiger partial charge in [0.05, 0.1) is 0 Å². The van der Waals surface area contributed by atoms with Crippen molar-refractivity contribution in [1.29, 1.82) is 0 Å². The predicted octanol–water partition coefficient (Wildman–Crippen LogP) is 3.48. The number of aromatic nitrogens is 1. The lowest BCUT2D eigenvalue weighted by atomic mass is 10.1. The van der Waals surface area contributed by atoms with Gasteiger partial charge in [0, 0.05) is 17.3 Å². The quantitative estimate of drug-likeness (QED) is 0.882. The van der Waals surface area contributed by atoms with E-state index in [-0.39, 0.29) is 11.1 Å². The summed E-state index contributed by atoms with van der Waals surface area (Å²) in [5.74, 6) is -3.25. The molecule has 0 fully saturated rings. The molecule has 1 N–H and O–H groups in total. The van der Waals surface area contributed by atoms with Crippen LogP contribution in [0.1, 0.15) is 10.5 Å². The van der Waals surface area contributed by atoms with Crippen LogP contribution < -0.4 is 4.74 Å². The van der Waals surface area contributed by atoms with Crippen molar-refractivity contribution < 1.29 is 32.2 Å². The molecule has 0 aliphatic rings. The van der Waals surface area contributed by atoms with Crippen molar-refractivity contribution in [3.8, 4) is 16.9 Å². The van der Waals surface area contributed by atoms with Gasteiger partial charge in [-0.05, 0) is 12.1 Å². The maximum atomic E-state index is 13.5. The van der Waals surface area contributed by atoms with Crippen LogP contribution in [0.25, 0.3) is 11.1 Å². The summed E-state index contributed by atoms with van der Waals surface area (Å²) in [7, 11) is 0. The standard InChI is InChI=1S/C13H7F4NO3/c14-9-5-7(6-18-11(9)12(19)20)8-3-1-2-4-10(8)21-13(15,16)17/h1-6H,(H,19,20). The second-order valence-electron chi connectivity index (χ2n) is 3.90. The van der Waals surface area contributed by atoms with Crippen LogP contribution in [0.4, 0.5) is 17.6 Å². The molecular formula is C13H7F4NO3. The molecule has 4 nitrogen and oxygen atoms in total. The average molecular weight is 301 g/mol. The Labute approximate surface area is 115 Å². The Morgan fingerprint density at radius 2 is 1.90 bits per heavy atom. The van der Waals surface area contributed by atoms with Gasteiger partial charge in [-0.15, -0.1) is 13.2 Å². The van der Waals surface area contributed by atoms with E-state index in [0.717, 1.165) is 18.3 Å². The fraction of sp³-hybridized carbons (Fsp3) is 0.0769. The van der Waals surface area contributed by atoms with Gasteiger partial charge < -0.3 is 9.84 Å². The summed E-state index contributed by atoms with van der Waals surface area (Å²) in [5, 5.41) is 8.66. The minimum atomic E-state index is -4.90. The molecule has 21 heavy (non-hydrogen) atoms. The Kier molecular flexibility index (Phi) is 3.79. The van der Waals surface area contributed by atoms with E-state index in [1.165, 1.54) is 18.2 Å². The summed E-state index contributed by atoms with van der Waals surface area (Å²) in [6, 6.07) is 5.88. The summed E-state index contributed by atoms with van der Waals surface area (Å²) in [6.45, 7) is 0. The molecule has 0 spiro atoms. The first-order valence-corrected chi connectivity index (χ1v) is 5.52. The fourth-order valence-electron chi connectivity index (χ4n) is 1.66. The molecule has 0 unspecified atom stereocenters. The topological polar surface area (TPSA) is 59.4 Å². The molecule has 0 aliphatic carbocycles. The molecule has 8 heteroatoms. The first-order valence-electron chi connectivity index (χ1n) is 5.52. The zero-order chi connectivity index (χ0) is 15.6. The van der Waals surface area contributed by atoms with Crippen LogP contribution in [0.5, 0.6) is 5.75 Å². The third-order valence-electron chi connectivity index (χ3n) is 2.47. The number of aromatic carboxylic acids is 1. The van der Waals surface area contributed by atoms with Crippen LogP contribution >= 0.6 is 0 Å². The lowest BCUT2D eigenvalue weighted by molar-refractivity contribution is -0.274. The third-order valence-corrected chi connectivity index (χ3v) is 2.47. The van der Waals surface area contributed by atoms with Crippen molar-refractivity contribution in [3.63, 3.8) is 0 Å². The normalized spacial score (nSPS) is 11.2. The number of para-hydroxylation sites is 1. The number of rotatable bonds is 3. The maximum absolute atomic E-state index is 13.5. The zero-order valence-corrected chi connectivity index (χ0v) is 10.2. The highest BCUT2D eigenvalue weighted by atomic mass is 19.4. The predicted molar refractivity (Wildman–Crippen MR) is 63.3 cm³/mol. The van der Waals surface area contributed by atoms with Gasteiger partial charge in [-0.1, -0.05) is 18.2 Å². The Bertz CT molecular complexity index is 685. The van der Waals surface area contributed by atoms with Crippen LogP contribution in [0.3, 0.4) is 0 Å². The first kappa shape index (κ1) is 14.8. The smallest absolute Gasteiger partial charge is 0.476 e. The van der Waals surface area contributed by atoms with Crippen LogP contribution in [0.15, 0.2) is 36.5 Å². The van der Waals surface area contributed by atoms with Crippen LogP contribution in [0, 0.1) is 5.82 Å². The molecule has 2 rings (SSSR count). The van der Waals surface area contributed by atoms with Crippen LogP contribution in [-0.4, -0.2) is 22.4 Å². The molecule has 2 aromatic rings. The Hall–Kier alpha value is -2.64. The Morgan fingerprint density at radius 1 is 1.24 bits per heavy atom. The number of halogens is 4. The summed E-state index contributed by atoms with van der Waals surface area (Å²) < 4.78 is 54.3. The highest BCUT2D eigenvalue weighted by Gasteiger charge is 2.32. The number of nitrogens with zero attached hydrogens (tertiary/aromatic N) is 1. The lowest BCUT2D eigenvalue weighted by Crippen LogP contribution is -2.17. The van der Waals surface area contributed by atoms with Gasteiger partial charge >= 0.3 is 12.3 Å². The van der Waals surface area contributed by atoms with E-state index in [1.54, 1.807) is 0 Å². The monoisotopic (exact) mass is 301 g/mol. The summed E-state index contributed by atoms with van der Waals surface area (Å²) in [5.41, 5.74) is -0.900. The van der Waals surface area contributed by atoms with Gasteiger partial charge in [-0.2, -0.15) is 0 Å². The molecule has 0 atom stereocenters. The molecule has 0 bridgehead atoms. The van der Waals surface area contributed by atoms with Gasteiger partial charge in [0.25, 0.3) is 0 Å². The van der Waals surface area contributed by atoms with E-state index < -0.39 is 29.6 Å². The van der Waals surface area contributed by atoms with E-state index in [2.05, 4.69) is 9.72 Å². The number of carboxylic acid groups (broad SMARTS) is 1. The number of hydrogen-bond acceptors (Lipinski definition) is 3. The molecule has 0 aliphatic heterocycles. The van der Waals surface area contributed by atoms with Crippen molar-refractivity contribution in [2.24, 2.45) is 0 Å². The Balaban J connectivity index is 2.47.